The summed E-state index contributed by atoms with van der Waals surface area (Å²) >= 11 is 0. The highest BCUT2D eigenvalue weighted by atomic mass is 16.5. The number of amides is 1. The Kier molecular flexibility index (Phi) is 7.02. The number of rotatable bonds is 8. The van der Waals surface area contributed by atoms with Gasteiger partial charge in [0.05, 0.1) is 19.4 Å². The lowest BCUT2D eigenvalue weighted by molar-refractivity contribution is 0.0513. The van der Waals surface area contributed by atoms with Crippen molar-refractivity contribution in [1.29, 1.82) is 0 Å². The third-order valence-electron chi connectivity index (χ3n) is 6.00. The van der Waals surface area contributed by atoms with E-state index >= 15 is 0 Å². The smallest absolute Gasteiger partial charge is 0.254 e. The molecule has 168 valence electrons. The Morgan fingerprint density at radius 1 is 1.09 bits per heavy atom. The van der Waals surface area contributed by atoms with E-state index in [1.807, 2.05) is 49.3 Å². The molecule has 1 unspecified atom stereocenters. The van der Waals surface area contributed by atoms with Gasteiger partial charge in [-0.3, -0.25) is 9.78 Å². The maximum absolute atomic E-state index is 13.7. The number of benzene rings is 2. The van der Waals surface area contributed by atoms with Crippen molar-refractivity contribution in [3.05, 3.63) is 60.4 Å². The number of hydrogen-bond donors (Lipinski definition) is 0. The molecule has 1 saturated heterocycles. The highest BCUT2D eigenvalue weighted by molar-refractivity contribution is 6.10. The number of aromatic nitrogens is 1. The molecule has 1 aliphatic heterocycles. The maximum Gasteiger partial charge on any atom is 0.254 e. The summed E-state index contributed by atoms with van der Waals surface area (Å²) in [5.41, 5.74) is 2.70. The number of hydrogen-bond acceptors (Lipinski definition) is 5. The first-order valence-corrected chi connectivity index (χ1v) is 11.1. The molecule has 0 aliphatic carbocycles. The standard InChI is InChI=1S/C26H31N3O3/c1-28(2)14-15-29(18-19-7-6-16-32-19)26(30)24-11-5-8-20-21(9-4-10-22(20)24)23-12-13-27-17-25(23)31-3/h4-5,8-13,17,19H,6-7,14-16,18H2,1-3H3. The van der Waals surface area contributed by atoms with E-state index in [1.165, 1.54) is 0 Å². The van der Waals surface area contributed by atoms with Crippen molar-refractivity contribution in [2.24, 2.45) is 0 Å². The zero-order valence-electron chi connectivity index (χ0n) is 19.1. The van der Waals surface area contributed by atoms with Gasteiger partial charge in [0.2, 0.25) is 0 Å². The summed E-state index contributed by atoms with van der Waals surface area (Å²) in [6.45, 7) is 2.88. The zero-order chi connectivity index (χ0) is 22.5. The second-order valence-electron chi connectivity index (χ2n) is 8.47. The molecule has 1 amide bonds. The number of pyridine rings is 1. The van der Waals surface area contributed by atoms with E-state index in [4.69, 9.17) is 9.47 Å². The van der Waals surface area contributed by atoms with Crippen LogP contribution in [0.15, 0.2) is 54.9 Å². The minimum absolute atomic E-state index is 0.0480. The molecule has 4 rings (SSSR count). The summed E-state index contributed by atoms with van der Waals surface area (Å²) in [7, 11) is 5.70. The monoisotopic (exact) mass is 433 g/mol. The van der Waals surface area contributed by atoms with E-state index in [-0.39, 0.29) is 12.0 Å². The van der Waals surface area contributed by atoms with Crippen molar-refractivity contribution in [1.82, 2.24) is 14.8 Å². The van der Waals surface area contributed by atoms with Crippen LogP contribution in [0.4, 0.5) is 0 Å². The lowest BCUT2D eigenvalue weighted by Gasteiger charge is -2.27. The molecule has 0 N–H and O–H groups in total. The van der Waals surface area contributed by atoms with Gasteiger partial charge < -0.3 is 19.3 Å². The van der Waals surface area contributed by atoms with Gasteiger partial charge in [-0.2, -0.15) is 0 Å². The fraction of sp³-hybridized carbons (Fsp3) is 0.385. The van der Waals surface area contributed by atoms with Gasteiger partial charge >= 0.3 is 0 Å². The summed E-state index contributed by atoms with van der Waals surface area (Å²) in [5, 5.41) is 1.96. The Labute approximate surface area is 189 Å². The van der Waals surface area contributed by atoms with Crippen LogP contribution in [-0.4, -0.2) is 74.2 Å². The van der Waals surface area contributed by atoms with Crippen LogP contribution < -0.4 is 4.74 Å². The van der Waals surface area contributed by atoms with Crippen molar-refractivity contribution in [3.63, 3.8) is 0 Å². The number of ether oxygens (including phenoxy) is 2. The molecular weight excluding hydrogens is 402 g/mol. The third kappa shape index (κ3) is 4.76. The van der Waals surface area contributed by atoms with E-state index in [0.717, 1.165) is 47.9 Å². The summed E-state index contributed by atoms with van der Waals surface area (Å²) in [5.74, 6) is 0.759. The minimum Gasteiger partial charge on any atom is -0.494 e. The van der Waals surface area contributed by atoms with Crippen molar-refractivity contribution < 1.29 is 14.3 Å². The second-order valence-corrected chi connectivity index (χ2v) is 8.47. The number of methoxy groups -OCH3 is 1. The predicted octanol–water partition coefficient (Wildman–Crippen LogP) is 4.09. The largest absolute Gasteiger partial charge is 0.494 e. The van der Waals surface area contributed by atoms with Crippen molar-refractivity contribution in [2.75, 3.05) is 47.4 Å². The minimum atomic E-state index is 0.0480. The average Bonchev–Trinajstić information content (AvgIpc) is 3.33. The van der Waals surface area contributed by atoms with Crippen LogP contribution in [-0.2, 0) is 4.74 Å². The molecule has 1 atom stereocenters. The van der Waals surface area contributed by atoms with E-state index in [2.05, 4.69) is 22.0 Å². The SMILES string of the molecule is COc1cnccc1-c1cccc2c(C(=O)N(CCN(C)C)CC3CCCO3)cccc12. The Morgan fingerprint density at radius 3 is 2.66 bits per heavy atom. The molecule has 3 aromatic rings. The molecule has 32 heavy (non-hydrogen) atoms. The van der Waals surface area contributed by atoms with E-state index in [1.54, 1.807) is 19.5 Å². The molecule has 6 heteroatoms. The predicted molar refractivity (Wildman–Crippen MR) is 127 cm³/mol. The normalized spacial score (nSPS) is 15.9. The van der Waals surface area contributed by atoms with E-state index in [9.17, 15) is 4.79 Å². The quantitative estimate of drug-likeness (QED) is 0.536. The Balaban J connectivity index is 1.73. The lowest BCUT2D eigenvalue weighted by Crippen LogP contribution is -2.41. The van der Waals surface area contributed by atoms with Crippen molar-refractivity contribution >= 4 is 16.7 Å². The molecule has 1 aromatic heterocycles. The van der Waals surface area contributed by atoms with Gasteiger partial charge in [-0.1, -0.05) is 30.3 Å². The molecule has 2 aromatic carbocycles. The van der Waals surface area contributed by atoms with Crippen LogP contribution in [0.5, 0.6) is 5.75 Å². The molecule has 2 heterocycles. The number of fused-ring (bicyclic) bond motifs is 1. The molecule has 0 bridgehead atoms. The number of likely N-dealkylation sites (N-methyl/N-ethyl adjacent to an activating group) is 1. The van der Waals surface area contributed by atoms with Gasteiger partial charge in [-0.05, 0) is 55.4 Å². The Morgan fingerprint density at radius 2 is 1.91 bits per heavy atom. The van der Waals surface area contributed by atoms with Crippen LogP contribution in [0.3, 0.4) is 0 Å². The Hall–Kier alpha value is -2.96. The van der Waals surface area contributed by atoms with E-state index < -0.39 is 0 Å². The number of carbonyl (C=O) groups is 1. The summed E-state index contributed by atoms with van der Waals surface area (Å²) in [4.78, 5) is 22.0. The van der Waals surface area contributed by atoms with Crippen molar-refractivity contribution in [3.8, 4) is 16.9 Å². The summed E-state index contributed by atoms with van der Waals surface area (Å²) < 4.78 is 11.4. The first-order chi connectivity index (χ1) is 15.6. The molecule has 1 aliphatic rings. The fourth-order valence-corrected chi connectivity index (χ4v) is 4.30. The van der Waals surface area contributed by atoms with Crippen LogP contribution >= 0.6 is 0 Å². The highest BCUT2D eigenvalue weighted by Gasteiger charge is 2.25. The van der Waals surface area contributed by atoms with Crippen LogP contribution in [0.1, 0.15) is 23.2 Å². The maximum atomic E-state index is 13.7. The van der Waals surface area contributed by atoms with Crippen LogP contribution in [0.2, 0.25) is 0 Å². The first kappa shape index (κ1) is 22.2. The van der Waals surface area contributed by atoms with Crippen LogP contribution in [0.25, 0.3) is 21.9 Å². The topological polar surface area (TPSA) is 54.9 Å². The number of carbonyl (C=O) groups excluding carboxylic acids is 1. The lowest BCUT2D eigenvalue weighted by atomic mass is 9.95. The Bertz CT molecular complexity index is 1080. The molecule has 0 saturated carbocycles. The zero-order valence-corrected chi connectivity index (χ0v) is 19.1. The second kappa shape index (κ2) is 10.1. The first-order valence-electron chi connectivity index (χ1n) is 11.1. The van der Waals surface area contributed by atoms with Gasteiger partial charge in [0.15, 0.2) is 0 Å². The van der Waals surface area contributed by atoms with Gasteiger partial charge in [-0.15, -0.1) is 0 Å². The summed E-state index contributed by atoms with van der Waals surface area (Å²) in [6.07, 6.45) is 5.66. The van der Waals surface area contributed by atoms with Gasteiger partial charge in [-0.25, -0.2) is 0 Å². The molecule has 0 radical (unpaired) electrons. The number of nitrogens with zero attached hydrogens (tertiary/aromatic N) is 3. The third-order valence-corrected chi connectivity index (χ3v) is 6.00. The molecule has 0 spiro atoms. The summed E-state index contributed by atoms with van der Waals surface area (Å²) in [6, 6.07) is 14.0. The molecule has 6 nitrogen and oxygen atoms in total. The van der Waals surface area contributed by atoms with Crippen LogP contribution in [0, 0.1) is 0 Å². The van der Waals surface area contributed by atoms with Gasteiger partial charge in [0.1, 0.15) is 5.75 Å². The van der Waals surface area contributed by atoms with Gasteiger partial charge in [0.25, 0.3) is 5.91 Å². The molecule has 1 fully saturated rings. The average molecular weight is 434 g/mol. The van der Waals surface area contributed by atoms with Crippen molar-refractivity contribution in [2.45, 2.75) is 18.9 Å². The molecular formula is C26H31N3O3. The fourth-order valence-electron chi connectivity index (χ4n) is 4.30. The van der Waals surface area contributed by atoms with Gasteiger partial charge in [0, 0.05) is 43.6 Å². The van der Waals surface area contributed by atoms with E-state index in [0.29, 0.717) is 24.4 Å². The highest BCUT2D eigenvalue weighted by Crippen LogP contribution is 2.35.